The van der Waals surface area contributed by atoms with Gasteiger partial charge in [0.2, 0.25) is 5.91 Å². The van der Waals surface area contributed by atoms with Gasteiger partial charge in [0.25, 0.3) is 0 Å². The normalized spacial score (nSPS) is 12.7. The molecule has 0 aliphatic carbocycles. The molecule has 1 aromatic heterocycles. The number of halogens is 2. The molecule has 0 aliphatic heterocycles. The first kappa shape index (κ1) is 18.0. The Labute approximate surface area is 150 Å². The molecule has 1 amide bonds. The number of hydrogen-bond acceptors (Lipinski definition) is 3. The van der Waals surface area contributed by atoms with Crippen LogP contribution in [0.4, 0.5) is 0 Å². The number of hydrogen-bond donors (Lipinski definition) is 1. The third-order valence-electron chi connectivity index (χ3n) is 3.34. The van der Waals surface area contributed by atoms with Gasteiger partial charge in [-0.25, -0.2) is 0 Å². The van der Waals surface area contributed by atoms with Crippen molar-refractivity contribution in [2.75, 3.05) is 20.6 Å². The van der Waals surface area contributed by atoms with E-state index in [0.717, 1.165) is 5.56 Å². The highest BCUT2D eigenvalue weighted by Crippen LogP contribution is 2.23. The summed E-state index contributed by atoms with van der Waals surface area (Å²) < 4.78 is 0. The Morgan fingerprint density at radius 1 is 1.35 bits per heavy atom. The number of nitrogens with zero attached hydrogens (tertiary/aromatic N) is 1. The van der Waals surface area contributed by atoms with E-state index < -0.39 is 0 Å². The van der Waals surface area contributed by atoms with Crippen molar-refractivity contribution in [3.63, 3.8) is 0 Å². The number of rotatable bonds is 6. The Morgan fingerprint density at radius 3 is 2.78 bits per heavy atom. The third-order valence-corrected chi connectivity index (χ3v) is 4.89. The van der Waals surface area contributed by atoms with E-state index in [1.807, 2.05) is 25.5 Å². The van der Waals surface area contributed by atoms with Gasteiger partial charge in [-0.2, -0.15) is 0 Å². The smallest absolute Gasteiger partial charge is 0.244 e. The van der Waals surface area contributed by atoms with Gasteiger partial charge in [0, 0.05) is 27.5 Å². The zero-order valence-electron chi connectivity index (χ0n) is 12.9. The highest BCUT2D eigenvalue weighted by molar-refractivity contribution is 7.10. The molecule has 1 heterocycles. The summed E-state index contributed by atoms with van der Waals surface area (Å²) in [5, 5.41) is 6.10. The van der Waals surface area contributed by atoms with Crippen LogP contribution in [-0.4, -0.2) is 31.4 Å². The van der Waals surface area contributed by atoms with Gasteiger partial charge in [-0.05, 0) is 55.4 Å². The van der Waals surface area contributed by atoms with E-state index in [9.17, 15) is 4.79 Å². The minimum atomic E-state index is -0.163. The molecule has 6 heteroatoms. The molecule has 0 bridgehead atoms. The first-order valence-electron chi connectivity index (χ1n) is 7.08. The molecular formula is C17H18Cl2N2OS. The highest BCUT2D eigenvalue weighted by Gasteiger charge is 2.15. The average Bonchev–Trinajstić information content (AvgIpc) is 3.02. The predicted molar refractivity (Wildman–Crippen MR) is 99.3 cm³/mol. The minimum absolute atomic E-state index is 0.155. The molecule has 0 fully saturated rings. The van der Waals surface area contributed by atoms with E-state index in [1.54, 1.807) is 35.6 Å². The number of thiophene rings is 1. The second kappa shape index (κ2) is 8.50. The van der Waals surface area contributed by atoms with E-state index in [0.29, 0.717) is 16.6 Å². The van der Waals surface area contributed by atoms with Gasteiger partial charge in [0.05, 0.1) is 6.04 Å². The van der Waals surface area contributed by atoms with Gasteiger partial charge in [-0.1, -0.05) is 29.3 Å². The van der Waals surface area contributed by atoms with Gasteiger partial charge in [0.15, 0.2) is 0 Å². The Hall–Kier alpha value is -1.33. The monoisotopic (exact) mass is 368 g/mol. The lowest BCUT2D eigenvalue weighted by Gasteiger charge is -2.23. The average molecular weight is 369 g/mol. The molecule has 0 aliphatic rings. The van der Waals surface area contributed by atoms with Crippen LogP contribution >= 0.6 is 34.5 Å². The maximum atomic E-state index is 12.0. The predicted octanol–water partition coefficient (Wildman–Crippen LogP) is 4.49. The second-order valence-electron chi connectivity index (χ2n) is 5.24. The van der Waals surface area contributed by atoms with Crippen molar-refractivity contribution < 1.29 is 4.79 Å². The van der Waals surface area contributed by atoms with Crippen molar-refractivity contribution in [1.29, 1.82) is 0 Å². The summed E-state index contributed by atoms with van der Waals surface area (Å²) in [6, 6.07) is 9.39. The van der Waals surface area contributed by atoms with Crippen molar-refractivity contribution >= 4 is 46.5 Å². The zero-order chi connectivity index (χ0) is 16.8. The van der Waals surface area contributed by atoms with E-state index in [4.69, 9.17) is 23.2 Å². The molecule has 0 saturated heterocycles. The zero-order valence-corrected chi connectivity index (χ0v) is 15.3. The minimum Gasteiger partial charge on any atom is -0.351 e. The van der Waals surface area contributed by atoms with E-state index in [-0.39, 0.29) is 11.9 Å². The Morgan fingerprint density at radius 2 is 2.13 bits per heavy atom. The number of amides is 1. The van der Waals surface area contributed by atoms with Crippen LogP contribution in [0, 0.1) is 0 Å². The molecule has 1 N–H and O–H groups in total. The van der Waals surface area contributed by atoms with Crippen LogP contribution in [-0.2, 0) is 4.79 Å². The first-order valence-corrected chi connectivity index (χ1v) is 8.71. The summed E-state index contributed by atoms with van der Waals surface area (Å²) in [7, 11) is 4.00. The number of carbonyl (C=O) groups excluding carboxylic acids is 1. The lowest BCUT2D eigenvalue weighted by atomic mass is 10.2. The molecule has 2 aromatic rings. The van der Waals surface area contributed by atoms with Crippen molar-refractivity contribution in [3.05, 3.63) is 62.3 Å². The molecular weight excluding hydrogens is 351 g/mol. The SMILES string of the molecule is CN(C)C(CNC(=O)/C=C/c1cc(Cl)ccc1Cl)c1cccs1. The quantitative estimate of drug-likeness (QED) is 0.761. The van der Waals surface area contributed by atoms with E-state index in [2.05, 4.69) is 16.3 Å². The molecule has 0 spiro atoms. The van der Waals surface area contributed by atoms with Crippen molar-refractivity contribution in [3.8, 4) is 0 Å². The lowest BCUT2D eigenvalue weighted by Crippen LogP contribution is -2.33. The summed E-state index contributed by atoms with van der Waals surface area (Å²) >= 11 is 13.7. The molecule has 1 aromatic carbocycles. The van der Waals surface area contributed by atoms with Crippen LogP contribution in [0.15, 0.2) is 41.8 Å². The Kier molecular flexibility index (Phi) is 6.66. The fourth-order valence-corrected chi connectivity index (χ4v) is 3.37. The molecule has 3 nitrogen and oxygen atoms in total. The van der Waals surface area contributed by atoms with Crippen LogP contribution in [0.2, 0.25) is 10.0 Å². The second-order valence-corrected chi connectivity index (χ2v) is 7.06. The largest absolute Gasteiger partial charge is 0.351 e. The number of benzene rings is 1. The fraction of sp³-hybridized carbons (Fsp3) is 0.235. The Bertz CT molecular complexity index is 684. The summed E-state index contributed by atoms with van der Waals surface area (Å²) in [6.45, 7) is 0.542. The van der Waals surface area contributed by atoms with Gasteiger partial charge in [-0.3, -0.25) is 4.79 Å². The van der Waals surface area contributed by atoms with Crippen molar-refractivity contribution in [2.45, 2.75) is 6.04 Å². The Balaban J connectivity index is 1.96. The van der Waals surface area contributed by atoms with Gasteiger partial charge >= 0.3 is 0 Å². The van der Waals surface area contributed by atoms with Gasteiger partial charge in [-0.15, -0.1) is 11.3 Å². The number of nitrogens with one attached hydrogen (secondary N) is 1. The number of likely N-dealkylation sites (N-methyl/N-ethyl adjacent to an activating group) is 1. The molecule has 23 heavy (non-hydrogen) atoms. The van der Waals surface area contributed by atoms with Gasteiger partial charge < -0.3 is 10.2 Å². The van der Waals surface area contributed by atoms with Gasteiger partial charge in [0.1, 0.15) is 0 Å². The summed E-state index contributed by atoms with van der Waals surface area (Å²) in [5.74, 6) is -0.163. The summed E-state index contributed by atoms with van der Waals surface area (Å²) in [6.07, 6.45) is 3.14. The van der Waals surface area contributed by atoms with Crippen LogP contribution in [0.25, 0.3) is 6.08 Å². The van der Waals surface area contributed by atoms with E-state index in [1.165, 1.54) is 11.0 Å². The maximum Gasteiger partial charge on any atom is 0.244 e. The van der Waals surface area contributed by atoms with Crippen LogP contribution in [0.3, 0.4) is 0 Å². The highest BCUT2D eigenvalue weighted by atomic mass is 35.5. The van der Waals surface area contributed by atoms with Crippen LogP contribution < -0.4 is 5.32 Å². The lowest BCUT2D eigenvalue weighted by molar-refractivity contribution is -0.116. The molecule has 122 valence electrons. The topological polar surface area (TPSA) is 32.3 Å². The maximum absolute atomic E-state index is 12.0. The van der Waals surface area contributed by atoms with Crippen molar-refractivity contribution in [2.24, 2.45) is 0 Å². The molecule has 2 rings (SSSR count). The molecule has 1 unspecified atom stereocenters. The van der Waals surface area contributed by atoms with E-state index >= 15 is 0 Å². The number of carbonyl (C=O) groups is 1. The summed E-state index contributed by atoms with van der Waals surface area (Å²) in [5.41, 5.74) is 0.719. The van der Waals surface area contributed by atoms with Crippen LogP contribution in [0.5, 0.6) is 0 Å². The molecule has 0 radical (unpaired) electrons. The molecule has 0 saturated carbocycles. The first-order chi connectivity index (χ1) is 11.0. The molecule has 1 atom stereocenters. The fourth-order valence-electron chi connectivity index (χ4n) is 2.08. The van der Waals surface area contributed by atoms with Crippen molar-refractivity contribution in [1.82, 2.24) is 10.2 Å². The third kappa shape index (κ3) is 5.36. The van der Waals surface area contributed by atoms with Crippen LogP contribution in [0.1, 0.15) is 16.5 Å². The summed E-state index contributed by atoms with van der Waals surface area (Å²) in [4.78, 5) is 15.3. The standard InChI is InChI=1S/C17H18Cl2N2OS/c1-21(2)15(16-4-3-9-23-16)11-20-17(22)8-5-12-10-13(18)6-7-14(12)19/h3-10,15H,11H2,1-2H3,(H,20,22)/b8-5+.